The van der Waals surface area contributed by atoms with Crippen molar-refractivity contribution in [1.29, 1.82) is 0 Å². The summed E-state index contributed by atoms with van der Waals surface area (Å²) in [5.74, 6) is -0.663. The number of nitro benzene ring substituents is 1. The minimum absolute atomic E-state index is 0.134. The van der Waals surface area contributed by atoms with Crippen LogP contribution < -0.4 is 5.32 Å². The second-order valence-electron chi connectivity index (χ2n) is 3.52. The van der Waals surface area contributed by atoms with Crippen LogP contribution in [0.5, 0.6) is 0 Å². The van der Waals surface area contributed by atoms with Gasteiger partial charge in [-0.05, 0) is 23.9 Å². The van der Waals surface area contributed by atoms with Crippen molar-refractivity contribution >= 4 is 55.1 Å². The number of nitrogens with zero attached hydrogens (tertiary/aromatic N) is 2. The van der Waals surface area contributed by atoms with E-state index in [-0.39, 0.29) is 19.9 Å². The number of hydrogen-bond donors (Lipinski definition) is 1. The molecule has 9 nitrogen and oxygen atoms in total. The van der Waals surface area contributed by atoms with E-state index in [0.717, 1.165) is 36.0 Å². The Morgan fingerprint density at radius 2 is 1.95 bits per heavy atom. The minimum Gasteiger partial charge on any atom is -0.305 e. The predicted octanol–water partition coefficient (Wildman–Crippen LogP) is 0.761. The predicted molar refractivity (Wildman–Crippen MR) is 77.1 cm³/mol. The molecule has 1 heterocycles. The fourth-order valence-corrected chi connectivity index (χ4v) is 2.87. The Kier molecular flexibility index (Phi) is 4.20. The third-order valence-electron chi connectivity index (χ3n) is 2.15. The molecule has 1 fully saturated rings. The van der Waals surface area contributed by atoms with Crippen LogP contribution in [0.4, 0.5) is 5.69 Å². The molecule has 21 heavy (non-hydrogen) atoms. The number of hydrogen-bond acceptors (Lipinski definition) is 9. The molecule has 1 aromatic carbocycles. The number of carbonyl (C=O) groups is 1. The van der Waals surface area contributed by atoms with E-state index in [9.17, 15) is 23.3 Å². The van der Waals surface area contributed by atoms with Gasteiger partial charge in [0.15, 0.2) is 0 Å². The maximum absolute atomic E-state index is 11.8. The molecule has 1 amide bonds. The van der Waals surface area contributed by atoms with Gasteiger partial charge in [0.1, 0.15) is 9.22 Å². The highest BCUT2D eigenvalue weighted by Crippen LogP contribution is 2.19. The minimum atomic E-state index is -4.28. The van der Waals surface area contributed by atoms with Gasteiger partial charge in [0, 0.05) is 12.1 Å². The van der Waals surface area contributed by atoms with Gasteiger partial charge in [-0.3, -0.25) is 19.2 Å². The SMILES string of the molecule is O=C1NC(=S)SC1=NOS(=O)(=O)c1ccc([N+](=O)[O-])cc1. The summed E-state index contributed by atoms with van der Waals surface area (Å²) in [5.41, 5.74) is -0.267. The average Bonchev–Trinajstić information content (AvgIpc) is 2.75. The Labute approximate surface area is 127 Å². The third-order valence-corrected chi connectivity index (χ3v) is 4.37. The molecule has 0 spiro atoms. The van der Waals surface area contributed by atoms with E-state index in [2.05, 4.69) is 14.8 Å². The molecule has 0 bridgehead atoms. The molecule has 0 aromatic heterocycles. The lowest BCUT2D eigenvalue weighted by Gasteiger charge is -2.01. The summed E-state index contributed by atoms with van der Waals surface area (Å²) in [6.07, 6.45) is 0. The zero-order valence-electron chi connectivity index (χ0n) is 9.88. The summed E-state index contributed by atoms with van der Waals surface area (Å²) >= 11 is 5.45. The molecule has 0 saturated carbocycles. The maximum Gasteiger partial charge on any atom is 0.358 e. The smallest absolute Gasteiger partial charge is 0.305 e. The molecule has 1 saturated heterocycles. The number of carbonyl (C=O) groups excluding carboxylic acids is 1. The van der Waals surface area contributed by atoms with Gasteiger partial charge in [-0.15, -0.1) is 0 Å². The molecule has 12 heteroatoms. The molecule has 1 aromatic rings. The monoisotopic (exact) mass is 347 g/mol. The van der Waals surface area contributed by atoms with Crippen LogP contribution in [0.2, 0.25) is 0 Å². The van der Waals surface area contributed by atoms with Gasteiger partial charge in [0.2, 0.25) is 5.04 Å². The Hall–Kier alpha value is -2.05. The van der Waals surface area contributed by atoms with Crippen LogP contribution in [-0.2, 0) is 19.2 Å². The molecule has 1 aliphatic rings. The number of thiocarbonyl (C=S) groups is 1. The first kappa shape index (κ1) is 15.3. The van der Waals surface area contributed by atoms with Gasteiger partial charge in [0.25, 0.3) is 11.6 Å². The molecule has 110 valence electrons. The number of benzene rings is 1. The van der Waals surface area contributed by atoms with E-state index in [1.54, 1.807) is 0 Å². The number of oxime groups is 1. The molecule has 0 aliphatic carbocycles. The summed E-state index contributed by atoms with van der Waals surface area (Å²) in [7, 11) is -4.28. The van der Waals surface area contributed by atoms with Crippen molar-refractivity contribution < 1.29 is 22.4 Å². The van der Waals surface area contributed by atoms with Crippen LogP contribution in [0, 0.1) is 10.1 Å². The first-order chi connectivity index (χ1) is 9.79. The van der Waals surface area contributed by atoms with E-state index in [1.807, 2.05) is 0 Å². The molecule has 2 rings (SSSR count). The lowest BCUT2D eigenvalue weighted by atomic mass is 10.3. The molecule has 1 aliphatic heterocycles. The number of rotatable bonds is 4. The Morgan fingerprint density at radius 1 is 1.33 bits per heavy atom. The van der Waals surface area contributed by atoms with Crippen LogP contribution in [0.1, 0.15) is 0 Å². The largest absolute Gasteiger partial charge is 0.358 e. The van der Waals surface area contributed by atoms with E-state index >= 15 is 0 Å². The highest BCUT2D eigenvalue weighted by atomic mass is 32.2. The van der Waals surface area contributed by atoms with Crippen molar-refractivity contribution in [1.82, 2.24) is 5.32 Å². The van der Waals surface area contributed by atoms with Crippen LogP contribution >= 0.6 is 24.0 Å². The van der Waals surface area contributed by atoms with Crippen molar-refractivity contribution in [3.63, 3.8) is 0 Å². The Balaban J connectivity index is 2.19. The Bertz CT molecular complexity index is 755. The van der Waals surface area contributed by atoms with Gasteiger partial charge >= 0.3 is 10.1 Å². The van der Waals surface area contributed by atoms with Gasteiger partial charge in [0.05, 0.1) is 4.92 Å². The first-order valence-electron chi connectivity index (χ1n) is 5.09. The number of non-ortho nitro benzene ring substituents is 1. The molecular formula is C9H5N3O6S3. The van der Waals surface area contributed by atoms with Crippen molar-refractivity contribution in [2.75, 3.05) is 0 Å². The summed E-state index contributed by atoms with van der Waals surface area (Å²) in [6.45, 7) is 0. The summed E-state index contributed by atoms with van der Waals surface area (Å²) in [4.78, 5) is 20.7. The molecule has 0 radical (unpaired) electrons. The van der Waals surface area contributed by atoms with E-state index < -0.39 is 20.9 Å². The highest BCUT2D eigenvalue weighted by Gasteiger charge is 2.26. The molecule has 0 unspecified atom stereocenters. The van der Waals surface area contributed by atoms with E-state index in [4.69, 9.17) is 12.2 Å². The van der Waals surface area contributed by atoms with Gasteiger partial charge < -0.3 is 5.32 Å². The second-order valence-corrected chi connectivity index (χ2v) is 6.71. The number of nitrogens with one attached hydrogen (secondary N) is 1. The lowest BCUT2D eigenvalue weighted by molar-refractivity contribution is -0.384. The van der Waals surface area contributed by atoms with Crippen molar-refractivity contribution in [3.8, 4) is 0 Å². The normalized spacial score (nSPS) is 16.9. The van der Waals surface area contributed by atoms with Crippen molar-refractivity contribution in [2.24, 2.45) is 5.16 Å². The van der Waals surface area contributed by atoms with Crippen molar-refractivity contribution in [2.45, 2.75) is 4.90 Å². The number of thioether (sulfide) groups is 1. The van der Waals surface area contributed by atoms with Crippen LogP contribution in [0.3, 0.4) is 0 Å². The second kappa shape index (κ2) is 5.75. The van der Waals surface area contributed by atoms with Crippen LogP contribution in [0.25, 0.3) is 0 Å². The van der Waals surface area contributed by atoms with Gasteiger partial charge in [-0.1, -0.05) is 17.4 Å². The van der Waals surface area contributed by atoms with E-state index in [0.29, 0.717) is 0 Å². The lowest BCUT2D eigenvalue weighted by Crippen LogP contribution is -2.21. The summed E-state index contributed by atoms with van der Waals surface area (Å²) < 4.78 is 28.1. The third kappa shape index (κ3) is 3.53. The standard InChI is InChI=1S/C9H5N3O6S3/c13-7-8(20-9(19)10-7)11-18-21(16,17)6-3-1-5(2-4-6)12(14)15/h1-4H,(H,10,13,19). The first-order valence-corrected chi connectivity index (χ1v) is 7.72. The topological polar surface area (TPSA) is 128 Å². The molecule has 1 N–H and O–H groups in total. The maximum atomic E-state index is 11.8. The zero-order chi connectivity index (χ0) is 15.6. The summed E-state index contributed by atoms with van der Waals surface area (Å²) in [5, 5.41) is 15.7. The zero-order valence-corrected chi connectivity index (χ0v) is 12.3. The highest BCUT2D eigenvalue weighted by molar-refractivity contribution is 8.35. The van der Waals surface area contributed by atoms with Gasteiger partial charge in [-0.2, -0.15) is 8.42 Å². The quantitative estimate of drug-likeness (QED) is 0.480. The molecule has 0 atom stereocenters. The van der Waals surface area contributed by atoms with Gasteiger partial charge in [-0.25, -0.2) is 0 Å². The summed E-state index contributed by atoms with van der Waals surface area (Å²) in [6, 6.07) is 4.02. The van der Waals surface area contributed by atoms with Crippen LogP contribution in [0.15, 0.2) is 34.3 Å². The fraction of sp³-hybridized carbons (Fsp3) is 0. The molecular weight excluding hydrogens is 342 g/mol. The average molecular weight is 347 g/mol. The fourth-order valence-electron chi connectivity index (χ4n) is 1.23. The number of nitro groups is 1. The number of amides is 1. The van der Waals surface area contributed by atoms with E-state index in [1.165, 1.54) is 0 Å². The van der Waals surface area contributed by atoms with Crippen molar-refractivity contribution in [3.05, 3.63) is 34.4 Å². The van der Waals surface area contributed by atoms with Crippen LogP contribution in [-0.4, -0.2) is 28.6 Å². The Morgan fingerprint density at radius 3 is 2.43 bits per heavy atom.